The third kappa shape index (κ3) is 3.34. The molecule has 1 unspecified atom stereocenters. The van der Waals surface area contributed by atoms with E-state index in [1.807, 2.05) is 0 Å². The lowest BCUT2D eigenvalue weighted by Crippen LogP contribution is -2.31. The number of rotatable bonds is 5. The van der Waals surface area contributed by atoms with Crippen LogP contribution < -0.4 is 15.9 Å². The Bertz CT molecular complexity index is 1150. The maximum absolute atomic E-state index is 13.3. The van der Waals surface area contributed by atoms with Crippen LogP contribution in [0.25, 0.3) is 11.0 Å². The Morgan fingerprint density at radius 3 is 2.69 bits per heavy atom. The van der Waals surface area contributed by atoms with E-state index < -0.39 is 11.9 Å². The number of para-hydroxylation sites is 1. The van der Waals surface area contributed by atoms with Crippen LogP contribution in [0, 0.1) is 0 Å². The van der Waals surface area contributed by atoms with E-state index >= 15 is 0 Å². The van der Waals surface area contributed by atoms with Crippen molar-refractivity contribution < 1.29 is 23.4 Å². The van der Waals surface area contributed by atoms with Crippen molar-refractivity contribution in [2.75, 3.05) is 20.3 Å². The summed E-state index contributed by atoms with van der Waals surface area (Å²) in [6.45, 7) is 0.261. The fourth-order valence-electron chi connectivity index (χ4n) is 3.31. The Morgan fingerprint density at radius 2 is 1.93 bits per heavy atom. The minimum atomic E-state index is -0.822. The maximum atomic E-state index is 13.3. The van der Waals surface area contributed by atoms with Gasteiger partial charge < -0.3 is 24.4 Å². The van der Waals surface area contributed by atoms with Crippen molar-refractivity contribution in [3.63, 3.8) is 0 Å². The number of esters is 1. The van der Waals surface area contributed by atoms with Gasteiger partial charge in [-0.3, -0.25) is 9.78 Å². The molecule has 0 bridgehead atoms. The molecule has 0 spiro atoms. The second-order valence-corrected chi connectivity index (χ2v) is 6.35. The molecule has 0 aliphatic carbocycles. The topological polar surface area (TPSA) is 114 Å². The number of ether oxygens (including phenoxy) is 3. The van der Waals surface area contributed by atoms with Crippen LogP contribution in [0.2, 0.25) is 0 Å². The van der Waals surface area contributed by atoms with Crippen molar-refractivity contribution in [3.05, 3.63) is 81.6 Å². The van der Waals surface area contributed by atoms with E-state index in [-0.39, 0.29) is 41.6 Å². The molecule has 4 rings (SSSR count). The highest BCUT2D eigenvalue weighted by atomic mass is 16.6. The lowest BCUT2D eigenvalue weighted by Gasteiger charge is -2.26. The summed E-state index contributed by atoms with van der Waals surface area (Å²) in [6, 6.07) is 10.2. The molecule has 1 aromatic carbocycles. The molecular formula is C21H18N2O6. The average Bonchev–Trinajstić information content (AvgIpc) is 2.73. The molecule has 1 aliphatic heterocycles. The van der Waals surface area contributed by atoms with Gasteiger partial charge in [-0.25, -0.2) is 4.79 Å². The van der Waals surface area contributed by atoms with Gasteiger partial charge in [0.1, 0.15) is 17.8 Å². The second-order valence-electron chi connectivity index (χ2n) is 6.35. The fourth-order valence-corrected chi connectivity index (χ4v) is 3.31. The highest BCUT2D eigenvalue weighted by Gasteiger charge is 2.39. The lowest BCUT2D eigenvalue weighted by atomic mass is 9.84. The molecule has 1 atom stereocenters. The molecule has 0 radical (unpaired) electrons. The molecule has 0 amide bonds. The van der Waals surface area contributed by atoms with Crippen LogP contribution in [-0.2, 0) is 14.3 Å². The van der Waals surface area contributed by atoms with E-state index in [2.05, 4.69) is 4.98 Å². The summed E-state index contributed by atoms with van der Waals surface area (Å²) in [7, 11) is 1.50. The van der Waals surface area contributed by atoms with E-state index in [9.17, 15) is 9.59 Å². The molecule has 0 fully saturated rings. The zero-order valence-corrected chi connectivity index (χ0v) is 15.6. The van der Waals surface area contributed by atoms with Crippen LogP contribution in [0.5, 0.6) is 5.95 Å². The van der Waals surface area contributed by atoms with Crippen LogP contribution in [0.4, 0.5) is 0 Å². The molecule has 8 heteroatoms. The smallest absolute Gasteiger partial charge is 0.340 e. The Labute approximate surface area is 165 Å². The number of hydrogen-bond acceptors (Lipinski definition) is 8. The normalized spacial score (nSPS) is 15.7. The first-order chi connectivity index (χ1) is 14.1. The predicted molar refractivity (Wildman–Crippen MR) is 103 cm³/mol. The first kappa shape index (κ1) is 18.7. The number of methoxy groups -OCH3 is 1. The molecule has 2 aromatic heterocycles. The van der Waals surface area contributed by atoms with Crippen LogP contribution in [0.15, 0.2) is 69.5 Å². The quantitative estimate of drug-likeness (QED) is 0.517. The first-order valence-electron chi connectivity index (χ1n) is 8.91. The number of pyridine rings is 1. The predicted octanol–water partition coefficient (Wildman–Crippen LogP) is 2.07. The van der Waals surface area contributed by atoms with Gasteiger partial charge in [0.25, 0.3) is 5.95 Å². The third-order valence-corrected chi connectivity index (χ3v) is 4.62. The van der Waals surface area contributed by atoms with Crippen LogP contribution in [0.3, 0.4) is 0 Å². The minimum Gasteiger partial charge on any atom is -0.460 e. The Hall–Kier alpha value is -3.65. The van der Waals surface area contributed by atoms with Gasteiger partial charge in [0.05, 0.1) is 23.5 Å². The van der Waals surface area contributed by atoms with E-state index in [0.717, 1.165) is 0 Å². The number of fused-ring (bicyclic) bond motifs is 2. The summed E-state index contributed by atoms with van der Waals surface area (Å²) in [6.07, 6.45) is 3.13. The molecule has 1 aliphatic rings. The van der Waals surface area contributed by atoms with Crippen molar-refractivity contribution >= 4 is 16.9 Å². The van der Waals surface area contributed by atoms with Gasteiger partial charge >= 0.3 is 5.97 Å². The van der Waals surface area contributed by atoms with Gasteiger partial charge in [0.2, 0.25) is 11.3 Å². The number of carbonyl (C=O) groups is 1. The van der Waals surface area contributed by atoms with E-state index in [0.29, 0.717) is 16.5 Å². The fraction of sp³-hybridized carbons (Fsp3) is 0.190. The van der Waals surface area contributed by atoms with Gasteiger partial charge in [-0.2, -0.15) is 0 Å². The van der Waals surface area contributed by atoms with Crippen molar-refractivity contribution in [2.24, 2.45) is 5.73 Å². The molecule has 8 nitrogen and oxygen atoms in total. The zero-order valence-electron chi connectivity index (χ0n) is 15.6. The number of nitrogens with zero attached hydrogens (tertiary/aromatic N) is 1. The Morgan fingerprint density at radius 1 is 1.17 bits per heavy atom. The van der Waals surface area contributed by atoms with Crippen molar-refractivity contribution in [3.8, 4) is 5.95 Å². The second kappa shape index (κ2) is 7.76. The highest BCUT2D eigenvalue weighted by Crippen LogP contribution is 2.42. The van der Waals surface area contributed by atoms with Crippen LogP contribution in [0.1, 0.15) is 17.0 Å². The third-order valence-electron chi connectivity index (χ3n) is 4.62. The van der Waals surface area contributed by atoms with Crippen molar-refractivity contribution in [2.45, 2.75) is 5.92 Å². The SMILES string of the molecule is COCCOC(=O)C1=C(N)Oc2oc3ccccc3c(=O)c2C1c1ccncc1. The summed E-state index contributed by atoms with van der Waals surface area (Å²) in [4.78, 5) is 30.1. The van der Waals surface area contributed by atoms with Gasteiger partial charge in [-0.1, -0.05) is 12.1 Å². The summed E-state index contributed by atoms with van der Waals surface area (Å²) in [5.74, 6) is -1.74. The average molecular weight is 394 g/mol. The van der Waals surface area contributed by atoms with Crippen LogP contribution in [-0.4, -0.2) is 31.3 Å². The van der Waals surface area contributed by atoms with Gasteiger partial charge in [0, 0.05) is 19.5 Å². The van der Waals surface area contributed by atoms with Gasteiger partial charge in [-0.15, -0.1) is 0 Å². The number of aromatic nitrogens is 1. The van der Waals surface area contributed by atoms with Crippen LogP contribution >= 0.6 is 0 Å². The maximum Gasteiger partial charge on any atom is 0.340 e. The van der Waals surface area contributed by atoms with E-state index in [1.54, 1.807) is 48.8 Å². The summed E-state index contributed by atoms with van der Waals surface area (Å²) in [5, 5.41) is 0.376. The molecule has 3 heterocycles. The number of hydrogen-bond donors (Lipinski definition) is 1. The summed E-state index contributed by atoms with van der Waals surface area (Å²) >= 11 is 0. The van der Waals surface area contributed by atoms with Gasteiger partial charge in [0.15, 0.2) is 0 Å². The zero-order chi connectivity index (χ0) is 20.4. The number of nitrogens with two attached hydrogens (primary N) is 1. The highest BCUT2D eigenvalue weighted by molar-refractivity contribution is 5.93. The standard InChI is InChI=1S/C21H18N2O6/c1-26-10-11-27-20(25)17-15(12-6-8-23-9-7-12)16-18(24)13-4-2-3-5-14(13)28-21(16)29-19(17)22/h2-9,15H,10-11,22H2,1H3. The molecule has 0 saturated carbocycles. The number of benzene rings is 1. The van der Waals surface area contributed by atoms with Gasteiger partial charge in [-0.05, 0) is 29.8 Å². The van der Waals surface area contributed by atoms with E-state index in [4.69, 9.17) is 24.4 Å². The summed E-state index contributed by atoms with van der Waals surface area (Å²) < 4.78 is 21.5. The molecule has 0 saturated heterocycles. The first-order valence-corrected chi connectivity index (χ1v) is 8.91. The Kier molecular flexibility index (Phi) is 5.01. The molecule has 2 N–H and O–H groups in total. The summed E-state index contributed by atoms with van der Waals surface area (Å²) in [5.41, 5.74) is 6.97. The molecular weight excluding hydrogens is 376 g/mol. The molecule has 29 heavy (non-hydrogen) atoms. The molecule has 3 aromatic rings. The Balaban J connectivity index is 1.92. The largest absolute Gasteiger partial charge is 0.460 e. The van der Waals surface area contributed by atoms with Crippen molar-refractivity contribution in [1.29, 1.82) is 0 Å². The monoisotopic (exact) mass is 394 g/mol. The van der Waals surface area contributed by atoms with Crippen molar-refractivity contribution in [1.82, 2.24) is 4.98 Å². The molecule has 148 valence electrons. The minimum absolute atomic E-state index is 0.0300. The lowest BCUT2D eigenvalue weighted by molar-refractivity contribution is -0.140. The number of carbonyl (C=O) groups excluding carboxylic acids is 1. The van der Waals surface area contributed by atoms with E-state index in [1.165, 1.54) is 7.11 Å².